The van der Waals surface area contributed by atoms with Crippen molar-refractivity contribution in [2.24, 2.45) is 5.73 Å². The monoisotopic (exact) mass is 314 g/mol. The van der Waals surface area contributed by atoms with Crippen LogP contribution < -0.4 is 10.5 Å². The first-order valence-corrected chi connectivity index (χ1v) is 7.59. The number of ether oxygens (including phenoxy) is 1. The molecule has 1 atom stereocenters. The van der Waals surface area contributed by atoms with E-state index in [1.807, 2.05) is 37.4 Å². The lowest BCUT2D eigenvalue weighted by molar-refractivity contribution is 0.275. The van der Waals surface area contributed by atoms with Gasteiger partial charge in [-0.15, -0.1) is 0 Å². The van der Waals surface area contributed by atoms with Crippen LogP contribution in [-0.4, -0.2) is 12.0 Å². The number of halogens is 1. The Hall–Kier alpha value is -1.97. The van der Waals surface area contributed by atoms with Crippen LogP contribution >= 0.6 is 11.6 Å². The molecule has 0 fully saturated rings. The second-order valence-electron chi connectivity index (χ2n) is 5.46. The van der Waals surface area contributed by atoms with Crippen LogP contribution in [0.2, 0.25) is 5.02 Å². The predicted molar refractivity (Wildman–Crippen MR) is 90.7 cm³/mol. The van der Waals surface area contributed by atoms with Crippen molar-refractivity contribution < 1.29 is 4.74 Å². The van der Waals surface area contributed by atoms with Crippen molar-refractivity contribution in [1.29, 1.82) is 0 Å². The Labute approximate surface area is 135 Å². The van der Waals surface area contributed by atoms with Gasteiger partial charge in [0.2, 0.25) is 0 Å². The Balaban J connectivity index is 1.84. The number of nitrogens with two attached hydrogens (primary N) is 1. The summed E-state index contributed by atoms with van der Waals surface area (Å²) in [7, 11) is 1.67. The van der Waals surface area contributed by atoms with Crippen LogP contribution in [0.3, 0.4) is 0 Å². The molecule has 2 aromatic rings. The molecule has 0 saturated carbocycles. The summed E-state index contributed by atoms with van der Waals surface area (Å²) in [6.45, 7) is 2.78. The average molecular weight is 315 g/mol. The molecule has 0 spiro atoms. The summed E-state index contributed by atoms with van der Waals surface area (Å²) in [6.07, 6.45) is 3.96. The van der Waals surface area contributed by atoms with Gasteiger partial charge in [-0.1, -0.05) is 29.8 Å². The van der Waals surface area contributed by atoms with E-state index in [0.29, 0.717) is 0 Å². The SMILES string of the molecule is COc1ccc(CN2C=Cc3c(ccc(Cl)c3C)C2N)cc1. The fraction of sp³-hybridized carbons (Fsp3) is 0.222. The van der Waals surface area contributed by atoms with Crippen LogP contribution in [0.1, 0.15) is 28.4 Å². The van der Waals surface area contributed by atoms with Gasteiger partial charge in [0.25, 0.3) is 0 Å². The molecule has 4 heteroatoms. The summed E-state index contributed by atoms with van der Waals surface area (Å²) >= 11 is 6.19. The first kappa shape index (κ1) is 14.9. The second kappa shape index (κ2) is 6.03. The van der Waals surface area contributed by atoms with Crippen LogP contribution in [-0.2, 0) is 6.54 Å². The number of methoxy groups -OCH3 is 1. The maximum absolute atomic E-state index is 6.42. The van der Waals surface area contributed by atoms with Crippen LogP contribution in [0.15, 0.2) is 42.6 Å². The van der Waals surface area contributed by atoms with Gasteiger partial charge in [-0.3, -0.25) is 0 Å². The highest BCUT2D eigenvalue weighted by molar-refractivity contribution is 6.31. The van der Waals surface area contributed by atoms with Crippen LogP contribution in [0, 0.1) is 6.92 Å². The summed E-state index contributed by atoms with van der Waals surface area (Å²) in [6, 6.07) is 12.0. The highest BCUT2D eigenvalue weighted by Gasteiger charge is 2.21. The molecule has 0 saturated heterocycles. The van der Waals surface area contributed by atoms with E-state index in [2.05, 4.69) is 23.1 Å². The van der Waals surface area contributed by atoms with Crippen LogP contribution in [0.25, 0.3) is 6.08 Å². The summed E-state index contributed by atoms with van der Waals surface area (Å²) in [4.78, 5) is 2.12. The van der Waals surface area contributed by atoms with Gasteiger partial charge in [-0.2, -0.15) is 0 Å². The third-order valence-corrected chi connectivity index (χ3v) is 4.52. The van der Waals surface area contributed by atoms with Gasteiger partial charge in [0.05, 0.1) is 7.11 Å². The van der Waals surface area contributed by atoms with Crippen molar-refractivity contribution in [3.8, 4) is 5.75 Å². The largest absolute Gasteiger partial charge is 0.497 e. The van der Waals surface area contributed by atoms with E-state index >= 15 is 0 Å². The maximum atomic E-state index is 6.42. The number of nitrogens with zero attached hydrogens (tertiary/aromatic N) is 1. The van der Waals surface area contributed by atoms with Crippen molar-refractivity contribution in [2.75, 3.05) is 7.11 Å². The number of hydrogen-bond acceptors (Lipinski definition) is 3. The highest BCUT2D eigenvalue weighted by atomic mass is 35.5. The van der Waals surface area contributed by atoms with E-state index in [1.165, 1.54) is 5.56 Å². The molecule has 114 valence electrons. The van der Waals surface area contributed by atoms with Crippen molar-refractivity contribution in [2.45, 2.75) is 19.6 Å². The third-order valence-electron chi connectivity index (χ3n) is 4.12. The maximum Gasteiger partial charge on any atom is 0.118 e. The number of hydrogen-bond donors (Lipinski definition) is 1. The topological polar surface area (TPSA) is 38.5 Å². The molecule has 0 amide bonds. The van der Waals surface area contributed by atoms with Gasteiger partial charge in [0.15, 0.2) is 0 Å². The lowest BCUT2D eigenvalue weighted by Gasteiger charge is -2.33. The highest BCUT2D eigenvalue weighted by Crippen LogP contribution is 2.33. The van der Waals surface area contributed by atoms with E-state index < -0.39 is 0 Å². The number of benzene rings is 2. The molecule has 0 aromatic heterocycles. The number of rotatable bonds is 3. The zero-order chi connectivity index (χ0) is 15.7. The van der Waals surface area contributed by atoms with Crippen LogP contribution in [0.5, 0.6) is 5.75 Å². The van der Waals surface area contributed by atoms with E-state index in [0.717, 1.165) is 34.0 Å². The minimum absolute atomic E-state index is 0.168. The normalized spacial score (nSPS) is 16.5. The fourth-order valence-electron chi connectivity index (χ4n) is 2.74. The molecular formula is C18H19ClN2O. The molecule has 0 radical (unpaired) electrons. The zero-order valence-electron chi connectivity index (χ0n) is 12.7. The fourth-order valence-corrected chi connectivity index (χ4v) is 2.90. The Morgan fingerprint density at radius 3 is 2.59 bits per heavy atom. The smallest absolute Gasteiger partial charge is 0.118 e. The first-order valence-electron chi connectivity index (χ1n) is 7.21. The summed E-state index contributed by atoms with van der Waals surface area (Å²) in [5.74, 6) is 0.859. The van der Waals surface area contributed by atoms with Crippen LogP contribution in [0.4, 0.5) is 0 Å². The molecule has 22 heavy (non-hydrogen) atoms. The lowest BCUT2D eigenvalue weighted by atomic mass is 9.96. The summed E-state index contributed by atoms with van der Waals surface area (Å²) < 4.78 is 5.19. The van der Waals surface area contributed by atoms with Gasteiger partial charge in [-0.05, 0) is 53.5 Å². The van der Waals surface area contributed by atoms with E-state index in [4.69, 9.17) is 22.1 Å². The molecule has 1 aliphatic rings. The van der Waals surface area contributed by atoms with E-state index in [1.54, 1.807) is 7.11 Å². The standard InChI is InChI=1S/C18H19ClN2O/c1-12-15-9-10-21(18(20)16(15)7-8-17(12)19)11-13-3-5-14(22-2)6-4-13/h3-10,18H,11,20H2,1-2H3. The molecule has 2 N–H and O–H groups in total. The van der Waals surface area contributed by atoms with E-state index in [9.17, 15) is 0 Å². The second-order valence-corrected chi connectivity index (χ2v) is 5.86. The van der Waals surface area contributed by atoms with Gasteiger partial charge in [0, 0.05) is 17.8 Å². The molecule has 1 heterocycles. The molecular weight excluding hydrogens is 296 g/mol. The quantitative estimate of drug-likeness (QED) is 0.927. The van der Waals surface area contributed by atoms with Crippen molar-refractivity contribution in [1.82, 2.24) is 4.90 Å². The van der Waals surface area contributed by atoms with Gasteiger partial charge in [0.1, 0.15) is 11.9 Å². The summed E-state index contributed by atoms with van der Waals surface area (Å²) in [5, 5.41) is 0.777. The molecule has 3 rings (SSSR count). The Morgan fingerprint density at radius 2 is 1.91 bits per heavy atom. The Kier molecular flexibility index (Phi) is 4.10. The average Bonchev–Trinajstić information content (AvgIpc) is 2.54. The van der Waals surface area contributed by atoms with Crippen molar-refractivity contribution in [3.63, 3.8) is 0 Å². The predicted octanol–water partition coefficient (Wildman–Crippen LogP) is 4.10. The van der Waals surface area contributed by atoms with Gasteiger partial charge < -0.3 is 15.4 Å². The van der Waals surface area contributed by atoms with Gasteiger partial charge in [-0.25, -0.2) is 0 Å². The summed E-state index contributed by atoms with van der Waals surface area (Å²) in [5.41, 5.74) is 10.9. The van der Waals surface area contributed by atoms with E-state index in [-0.39, 0.29) is 6.17 Å². The number of fused-ring (bicyclic) bond motifs is 1. The molecule has 1 aliphatic heterocycles. The van der Waals surface area contributed by atoms with Crippen molar-refractivity contribution in [3.05, 3.63) is 69.9 Å². The Bertz CT molecular complexity index is 710. The molecule has 1 unspecified atom stereocenters. The Morgan fingerprint density at radius 1 is 1.18 bits per heavy atom. The molecule has 0 aliphatic carbocycles. The minimum Gasteiger partial charge on any atom is -0.497 e. The minimum atomic E-state index is -0.168. The van der Waals surface area contributed by atoms with Gasteiger partial charge >= 0.3 is 0 Å². The third kappa shape index (κ3) is 2.70. The molecule has 0 bridgehead atoms. The molecule has 3 nitrogen and oxygen atoms in total. The van der Waals surface area contributed by atoms with Crippen molar-refractivity contribution >= 4 is 17.7 Å². The lowest BCUT2D eigenvalue weighted by Crippen LogP contribution is -2.32. The molecule has 2 aromatic carbocycles. The zero-order valence-corrected chi connectivity index (χ0v) is 13.5. The first-order chi connectivity index (χ1) is 10.6.